The van der Waals surface area contributed by atoms with Crippen molar-refractivity contribution >= 4 is 17.6 Å². The van der Waals surface area contributed by atoms with Gasteiger partial charge in [-0.25, -0.2) is 0 Å². The number of benzene rings is 2. The summed E-state index contributed by atoms with van der Waals surface area (Å²) in [7, 11) is 0. The Labute approximate surface area is 147 Å². The van der Waals surface area contributed by atoms with E-state index < -0.39 is 5.97 Å². The molecule has 0 saturated heterocycles. The van der Waals surface area contributed by atoms with E-state index >= 15 is 0 Å². The Balaban J connectivity index is 2.00. The van der Waals surface area contributed by atoms with Gasteiger partial charge in [-0.15, -0.1) is 0 Å². The van der Waals surface area contributed by atoms with E-state index in [9.17, 15) is 4.79 Å². The van der Waals surface area contributed by atoms with Crippen LogP contribution in [-0.2, 0) is 17.9 Å². The van der Waals surface area contributed by atoms with Crippen LogP contribution in [-0.4, -0.2) is 29.1 Å². The third kappa shape index (κ3) is 5.87. The molecule has 0 bridgehead atoms. The average molecular weight is 348 g/mol. The standard InChI is InChI=1S/C19H22ClNO3/c1-2-10-21(13-19(22)23)12-15-6-5-8-17(11-15)24-14-16-7-3-4-9-18(16)20/h3-9,11H,2,10,12-14H2,1H3,(H,22,23). The molecular formula is C19H22ClNO3. The lowest BCUT2D eigenvalue weighted by molar-refractivity contribution is -0.138. The Morgan fingerprint density at radius 2 is 2.00 bits per heavy atom. The molecule has 4 nitrogen and oxygen atoms in total. The fraction of sp³-hybridized carbons (Fsp3) is 0.316. The number of carbonyl (C=O) groups is 1. The van der Waals surface area contributed by atoms with Gasteiger partial charge < -0.3 is 9.84 Å². The van der Waals surface area contributed by atoms with Gasteiger partial charge in [0.05, 0.1) is 6.54 Å². The molecule has 128 valence electrons. The van der Waals surface area contributed by atoms with E-state index in [1.165, 1.54) is 0 Å². The van der Waals surface area contributed by atoms with Crippen molar-refractivity contribution in [1.29, 1.82) is 0 Å². The molecule has 0 radical (unpaired) electrons. The van der Waals surface area contributed by atoms with Crippen molar-refractivity contribution < 1.29 is 14.6 Å². The molecule has 0 fully saturated rings. The van der Waals surface area contributed by atoms with Crippen LogP contribution in [0.3, 0.4) is 0 Å². The normalized spacial score (nSPS) is 10.8. The molecule has 5 heteroatoms. The monoisotopic (exact) mass is 347 g/mol. The van der Waals surface area contributed by atoms with Crippen LogP contribution in [0.1, 0.15) is 24.5 Å². The number of ether oxygens (including phenoxy) is 1. The highest BCUT2D eigenvalue weighted by atomic mass is 35.5. The fourth-order valence-electron chi connectivity index (χ4n) is 2.49. The molecule has 2 aromatic rings. The number of rotatable bonds is 9. The van der Waals surface area contributed by atoms with E-state index in [2.05, 4.69) is 0 Å². The maximum atomic E-state index is 11.0. The lowest BCUT2D eigenvalue weighted by Crippen LogP contribution is -2.30. The van der Waals surface area contributed by atoms with Crippen molar-refractivity contribution in [3.63, 3.8) is 0 Å². The van der Waals surface area contributed by atoms with Gasteiger partial charge in [0.15, 0.2) is 0 Å². The maximum Gasteiger partial charge on any atom is 0.317 e. The van der Waals surface area contributed by atoms with Crippen LogP contribution in [0.4, 0.5) is 0 Å². The van der Waals surface area contributed by atoms with E-state index in [0.717, 1.165) is 29.8 Å². The molecule has 0 aliphatic heterocycles. The van der Waals surface area contributed by atoms with Gasteiger partial charge in [-0.2, -0.15) is 0 Å². The molecule has 24 heavy (non-hydrogen) atoms. The summed E-state index contributed by atoms with van der Waals surface area (Å²) in [5.74, 6) is -0.0613. The number of carboxylic acids is 1. The number of hydrogen-bond acceptors (Lipinski definition) is 3. The zero-order chi connectivity index (χ0) is 17.4. The topological polar surface area (TPSA) is 49.8 Å². The molecule has 1 N–H and O–H groups in total. The molecule has 0 atom stereocenters. The number of carboxylic acid groups (broad SMARTS) is 1. The molecular weight excluding hydrogens is 326 g/mol. The Morgan fingerprint density at radius 3 is 2.71 bits per heavy atom. The molecule has 2 rings (SSSR count). The first kappa shape index (κ1) is 18.3. The van der Waals surface area contributed by atoms with E-state index in [0.29, 0.717) is 18.2 Å². The van der Waals surface area contributed by atoms with Gasteiger partial charge in [0.2, 0.25) is 0 Å². The third-order valence-electron chi connectivity index (χ3n) is 3.56. The second-order valence-corrected chi connectivity index (χ2v) is 6.04. The summed E-state index contributed by atoms with van der Waals surface area (Å²) in [4.78, 5) is 12.9. The maximum absolute atomic E-state index is 11.0. The van der Waals surface area contributed by atoms with Crippen LogP contribution in [0.15, 0.2) is 48.5 Å². The predicted octanol–water partition coefficient (Wildman–Crippen LogP) is 4.22. The molecule has 0 aliphatic carbocycles. The van der Waals surface area contributed by atoms with Gasteiger partial charge in [0.1, 0.15) is 12.4 Å². The van der Waals surface area contributed by atoms with Gasteiger partial charge in [-0.3, -0.25) is 9.69 Å². The van der Waals surface area contributed by atoms with Gasteiger partial charge >= 0.3 is 5.97 Å². The molecule has 0 aromatic heterocycles. The van der Waals surface area contributed by atoms with Gasteiger partial charge in [-0.05, 0) is 36.7 Å². The quantitative estimate of drug-likeness (QED) is 0.738. The van der Waals surface area contributed by atoms with E-state index in [-0.39, 0.29) is 6.54 Å². The molecule has 0 aliphatic rings. The smallest absolute Gasteiger partial charge is 0.317 e. The second-order valence-electron chi connectivity index (χ2n) is 5.63. The minimum atomic E-state index is -0.811. The second kappa shape index (κ2) is 9.30. The first-order valence-electron chi connectivity index (χ1n) is 7.97. The highest BCUT2D eigenvalue weighted by Crippen LogP contribution is 2.20. The number of hydrogen-bond donors (Lipinski definition) is 1. The third-order valence-corrected chi connectivity index (χ3v) is 3.92. The Bertz CT molecular complexity index is 675. The molecule has 0 saturated carbocycles. The van der Waals surface area contributed by atoms with Crippen LogP contribution in [0, 0.1) is 0 Å². The SMILES string of the molecule is CCCN(CC(=O)O)Cc1cccc(OCc2ccccc2Cl)c1. The van der Waals surface area contributed by atoms with E-state index in [4.69, 9.17) is 21.4 Å². The van der Waals surface area contributed by atoms with Crippen molar-refractivity contribution in [1.82, 2.24) is 4.90 Å². The largest absolute Gasteiger partial charge is 0.489 e. The summed E-state index contributed by atoms with van der Waals surface area (Å²) in [5.41, 5.74) is 1.96. The summed E-state index contributed by atoms with van der Waals surface area (Å²) < 4.78 is 5.82. The Morgan fingerprint density at radius 1 is 1.21 bits per heavy atom. The summed E-state index contributed by atoms with van der Waals surface area (Å²) in [5, 5.41) is 9.69. The molecule has 2 aromatic carbocycles. The summed E-state index contributed by atoms with van der Waals surface area (Å²) in [6.07, 6.45) is 0.913. The number of nitrogens with zero attached hydrogens (tertiary/aromatic N) is 1. The van der Waals surface area contributed by atoms with Crippen LogP contribution in [0.2, 0.25) is 5.02 Å². The van der Waals surface area contributed by atoms with Crippen LogP contribution in [0.25, 0.3) is 0 Å². The van der Waals surface area contributed by atoms with Crippen LogP contribution < -0.4 is 4.74 Å². The average Bonchev–Trinajstić information content (AvgIpc) is 2.54. The highest BCUT2D eigenvalue weighted by molar-refractivity contribution is 6.31. The fourth-order valence-corrected chi connectivity index (χ4v) is 2.68. The van der Waals surface area contributed by atoms with Crippen LogP contribution >= 0.6 is 11.6 Å². The van der Waals surface area contributed by atoms with Gasteiger partial charge in [0.25, 0.3) is 0 Å². The molecule has 0 unspecified atom stereocenters. The van der Waals surface area contributed by atoms with E-state index in [1.807, 2.05) is 60.4 Å². The molecule has 0 spiro atoms. The highest BCUT2D eigenvalue weighted by Gasteiger charge is 2.10. The number of halogens is 1. The van der Waals surface area contributed by atoms with Crippen LogP contribution in [0.5, 0.6) is 5.75 Å². The summed E-state index contributed by atoms with van der Waals surface area (Å²) >= 11 is 6.13. The summed E-state index contributed by atoms with van der Waals surface area (Å²) in [6.45, 7) is 3.81. The van der Waals surface area contributed by atoms with Crippen molar-refractivity contribution in [3.05, 3.63) is 64.7 Å². The first-order valence-corrected chi connectivity index (χ1v) is 8.35. The Hall–Kier alpha value is -2.04. The minimum absolute atomic E-state index is 0.0402. The first-order chi connectivity index (χ1) is 11.6. The Kier molecular flexibility index (Phi) is 7.09. The predicted molar refractivity (Wildman–Crippen MR) is 95.4 cm³/mol. The van der Waals surface area contributed by atoms with Crippen molar-refractivity contribution in [2.45, 2.75) is 26.5 Å². The lowest BCUT2D eigenvalue weighted by Gasteiger charge is -2.19. The van der Waals surface area contributed by atoms with Crippen molar-refractivity contribution in [3.8, 4) is 5.75 Å². The zero-order valence-corrected chi connectivity index (χ0v) is 14.5. The molecule has 0 amide bonds. The van der Waals surface area contributed by atoms with Crippen molar-refractivity contribution in [2.75, 3.05) is 13.1 Å². The lowest BCUT2D eigenvalue weighted by atomic mass is 10.2. The minimum Gasteiger partial charge on any atom is -0.489 e. The molecule has 0 heterocycles. The van der Waals surface area contributed by atoms with Gasteiger partial charge in [0, 0.05) is 17.1 Å². The number of aliphatic carboxylic acids is 1. The zero-order valence-electron chi connectivity index (χ0n) is 13.7. The van der Waals surface area contributed by atoms with Gasteiger partial charge in [-0.1, -0.05) is 48.9 Å². The summed E-state index contributed by atoms with van der Waals surface area (Å²) in [6, 6.07) is 15.3. The van der Waals surface area contributed by atoms with Crippen molar-refractivity contribution in [2.24, 2.45) is 0 Å². The van der Waals surface area contributed by atoms with E-state index in [1.54, 1.807) is 0 Å².